The van der Waals surface area contributed by atoms with E-state index in [-0.39, 0.29) is 6.61 Å². The molecular weight excluding hydrogens is 224 g/mol. The van der Waals surface area contributed by atoms with Crippen LogP contribution < -0.4 is 0 Å². The number of carbonyl (C=O) groups is 1. The summed E-state index contributed by atoms with van der Waals surface area (Å²) < 4.78 is 9.81. The summed E-state index contributed by atoms with van der Waals surface area (Å²) in [6.07, 6.45) is 1.13. The van der Waals surface area contributed by atoms with Gasteiger partial charge in [0, 0.05) is 10.9 Å². The van der Waals surface area contributed by atoms with Crippen LogP contribution in [0.3, 0.4) is 0 Å². The molecule has 0 aliphatic rings. The van der Waals surface area contributed by atoms with E-state index in [1.165, 1.54) is 0 Å². The lowest BCUT2D eigenvalue weighted by Gasteiger charge is -2.05. The lowest BCUT2D eigenvalue weighted by molar-refractivity contribution is -0.139. The van der Waals surface area contributed by atoms with Crippen molar-refractivity contribution in [3.05, 3.63) is 12.7 Å². The fourth-order valence-electron chi connectivity index (χ4n) is 0.506. The fourth-order valence-corrected chi connectivity index (χ4v) is 0.693. The molecule has 0 heterocycles. The Morgan fingerprint density at radius 2 is 2.33 bits per heavy atom. The van der Waals surface area contributed by atoms with Crippen LogP contribution >= 0.6 is 15.9 Å². The van der Waals surface area contributed by atoms with Crippen LogP contribution in [0.1, 0.15) is 6.92 Å². The Morgan fingerprint density at radius 1 is 1.67 bits per heavy atom. The van der Waals surface area contributed by atoms with Crippen molar-refractivity contribution in [1.29, 1.82) is 0 Å². The third-order valence-corrected chi connectivity index (χ3v) is 1.25. The van der Waals surface area contributed by atoms with Gasteiger partial charge in [-0.3, -0.25) is 0 Å². The first-order valence-corrected chi connectivity index (χ1v) is 4.59. The molecule has 0 rings (SSSR count). The maximum atomic E-state index is 10.5. The molecule has 3 nitrogen and oxygen atoms in total. The van der Waals surface area contributed by atoms with E-state index < -0.39 is 5.97 Å². The zero-order valence-corrected chi connectivity index (χ0v) is 8.67. The Labute approximate surface area is 80.9 Å². The van der Waals surface area contributed by atoms with Crippen molar-refractivity contribution in [2.45, 2.75) is 11.8 Å². The van der Waals surface area contributed by atoms with Crippen molar-refractivity contribution in [3.63, 3.8) is 0 Å². The minimum atomic E-state index is -0.412. The number of halogens is 1. The molecule has 0 aliphatic heterocycles. The van der Waals surface area contributed by atoms with Gasteiger partial charge in [-0.25, -0.2) is 4.79 Å². The van der Waals surface area contributed by atoms with Crippen LogP contribution in [0.5, 0.6) is 0 Å². The fraction of sp³-hybridized carbons (Fsp3) is 0.625. The molecule has 0 aromatic heterocycles. The molecule has 0 aromatic rings. The van der Waals surface area contributed by atoms with Crippen LogP contribution in [0.2, 0.25) is 0 Å². The average molecular weight is 237 g/mol. The molecule has 0 N–H and O–H groups in total. The molecule has 0 bridgehead atoms. The molecule has 0 saturated heterocycles. The molecule has 1 atom stereocenters. The third kappa shape index (κ3) is 7.75. The SMILES string of the molecule is C=CC(=O)OCCOCC(C)Br. The largest absolute Gasteiger partial charge is 0.460 e. The number of rotatable bonds is 6. The molecule has 0 aliphatic carbocycles. The molecule has 0 fully saturated rings. The summed E-state index contributed by atoms with van der Waals surface area (Å²) in [7, 11) is 0. The molecule has 0 saturated carbocycles. The first-order chi connectivity index (χ1) is 5.66. The van der Waals surface area contributed by atoms with Gasteiger partial charge in [0.2, 0.25) is 0 Å². The normalized spacial score (nSPS) is 12.2. The Morgan fingerprint density at radius 3 is 2.83 bits per heavy atom. The topological polar surface area (TPSA) is 35.5 Å². The summed E-state index contributed by atoms with van der Waals surface area (Å²) in [5.41, 5.74) is 0. The smallest absolute Gasteiger partial charge is 0.330 e. The zero-order chi connectivity index (χ0) is 9.40. The van der Waals surface area contributed by atoms with Crippen molar-refractivity contribution in [2.75, 3.05) is 19.8 Å². The number of hydrogen-bond acceptors (Lipinski definition) is 3. The Hall–Kier alpha value is -0.350. The van der Waals surface area contributed by atoms with Gasteiger partial charge in [-0.2, -0.15) is 0 Å². The number of carbonyl (C=O) groups excluding carboxylic acids is 1. The minimum Gasteiger partial charge on any atom is -0.460 e. The predicted octanol–water partition coefficient (Wildman–Crippen LogP) is 1.52. The second-order valence-electron chi connectivity index (χ2n) is 2.23. The van der Waals surface area contributed by atoms with Crippen LogP contribution in [0.4, 0.5) is 0 Å². The van der Waals surface area contributed by atoms with Crippen molar-refractivity contribution in [1.82, 2.24) is 0 Å². The van der Waals surface area contributed by atoms with Crippen molar-refractivity contribution in [3.8, 4) is 0 Å². The Balaban J connectivity index is 3.11. The van der Waals surface area contributed by atoms with Crippen molar-refractivity contribution in [2.24, 2.45) is 0 Å². The lowest BCUT2D eigenvalue weighted by Crippen LogP contribution is -2.11. The van der Waals surface area contributed by atoms with E-state index in [0.717, 1.165) is 6.08 Å². The van der Waals surface area contributed by atoms with Gasteiger partial charge in [0.15, 0.2) is 0 Å². The summed E-state index contributed by atoms with van der Waals surface area (Å²) in [5, 5.41) is 0. The van der Waals surface area contributed by atoms with Crippen LogP contribution in [-0.2, 0) is 14.3 Å². The maximum Gasteiger partial charge on any atom is 0.330 e. The van der Waals surface area contributed by atoms with Gasteiger partial charge in [0.05, 0.1) is 13.2 Å². The summed E-state index contributed by atoms with van der Waals surface area (Å²) in [6, 6.07) is 0. The van der Waals surface area contributed by atoms with Crippen molar-refractivity contribution >= 4 is 21.9 Å². The van der Waals surface area contributed by atoms with E-state index in [4.69, 9.17) is 4.74 Å². The quantitative estimate of drug-likeness (QED) is 0.304. The van der Waals surface area contributed by atoms with E-state index in [1.54, 1.807) is 0 Å². The van der Waals surface area contributed by atoms with Gasteiger partial charge in [-0.05, 0) is 0 Å². The Bertz CT molecular complexity index is 145. The van der Waals surface area contributed by atoms with Crippen LogP contribution in [0, 0.1) is 0 Å². The van der Waals surface area contributed by atoms with E-state index in [2.05, 4.69) is 27.2 Å². The van der Waals surface area contributed by atoms with E-state index >= 15 is 0 Å². The summed E-state index contributed by atoms with van der Waals surface area (Å²) >= 11 is 3.32. The molecule has 4 heteroatoms. The first-order valence-electron chi connectivity index (χ1n) is 3.68. The predicted molar refractivity (Wildman–Crippen MR) is 50.4 cm³/mol. The molecule has 0 spiro atoms. The average Bonchev–Trinajstić information content (AvgIpc) is 2.03. The van der Waals surface area contributed by atoms with Gasteiger partial charge in [0.1, 0.15) is 6.61 Å². The highest BCUT2D eigenvalue weighted by atomic mass is 79.9. The van der Waals surface area contributed by atoms with Gasteiger partial charge >= 0.3 is 5.97 Å². The van der Waals surface area contributed by atoms with Crippen LogP contribution in [0.15, 0.2) is 12.7 Å². The van der Waals surface area contributed by atoms with Gasteiger partial charge in [-0.1, -0.05) is 29.4 Å². The number of alkyl halides is 1. The number of ether oxygens (including phenoxy) is 2. The highest BCUT2D eigenvalue weighted by Gasteiger charge is 1.97. The van der Waals surface area contributed by atoms with E-state index in [9.17, 15) is 4.79 Å². The molecule has 70 valence electrons. The number of esters is 1. The molecule has 0 radical (unpaired) electrons. The third-order valence-electron chi connectivity index (χ3n) is 0.986. The van der Waals surface area contributed by atoms with E-state index in [0.29, 0.717) is 18.0 Å². The Kier molecular flexibility index (Phi) is 7.09. The maximum absolute atomic E-state index is 10.5. The number of hydrogen-bond donors (Lipinski definition) is 0. The zero-order valence-electron chi connectivity index (χ0n) is 7.09. The van der Waals surface area contributed by atoms with Gasteiger partial charge in [-0.15, -0.1) is 0 Å². The highest BCUT2D eigenvalue weighted by Crippen LogP contribution is 1.96. The summed E-state index contributed by atoms with van der Waals surface area (Å²) in [6.45, 7) is 6.57. The van der Waals surface area contributed by atoms with Crippen molar-refractivity contribution < 1.29 is 14.3 Å². The molecule has 0 aromatic carbocycles. The van der Waals surface area contributed by atoms with Crippen LogP contribution in [-0.4, -0.2) is 30.6 Å². The molecule has 12 heavy (non-hydrogen) atoms. The second kappa shape index (κ2) is 7.31. The van der Waals surface area contributed by atoms with Gasteiger partial charge < -0.3 is 9.47 Å². The standard InChI is InChI=1S/C8H13BrO3/c1-3-8(10)12-5-4-11-6-7(2)9/h3,7H,1,4-6H2,2H3. The lowest BCUT2D eigenvalue weighted by atomic mass is 10.5. The highest BCUT2D eigenvalue weighted by molar-refractivity contribution is 9.09. The monoisotopic (exact) mass is 236 g/mol. The molecule has 1 unspecified atom stereocenters. The first kappa shape index (κ1) is 11.6. The van der Waals surface area contributed by atoms with Crippen LogP contribution in [0.25, 0.3) is 0 Å². The second-order valence-corrected chi connectivity index (χ2v) is 3.79. The summed E-state index contributed by atoms with van der Waals surface area (Å²) in [5.74, 6) is -0.412. The van der Waals surface area contributed by atoms with Gasteiger partial charge in [0.25, 0.3) is 0 Å². The molecular formula is C8H13BrO3. The van der Waals surface area contributed by atoms with E-state index in [1.807, 2.05) is 6.92 Å². The summed E-state index contributed by atoms with van der Waals surface area (Å²) in [4.78, 5) is 10.8. The molecule has 0 amide bonds. The minimum absolute atomic E-state index is 0.282.